The SMILES string of the molecule is COc1ccc(CCNC(N)=NCc2ccc(F)cc2CSC)cc1OC. The number of benzene rings is 2. The van der Waals surface area contributed by atoms with E-state index in [2.05, 4.69) is 10.3 Å². The van der Waals surface area contributed by atoms with Crippen molar-refractivity contribution in [2.24, 2.45) is 10.7 Å². The highest BCUT2D eigenvalue weighted by Crippen LogP contribution is 2.27. The fourth-order valence-electron chi connectivity index (χ4n) is 2.64. The van der Waals surface area contributed by atoms with Gasteiger partial charge in [-0.2, -0.15) is 11.8 Å². The van der Waals surface area contributed by atoms with Crippen LogP contribution >= 0.6 is 11.8 Å². The van der Waals surface area contributed by atoms with Crippen LogP contribution in [-0.4, -0.2) is 33.0 Å². The maximum atomic E-state index is 13.4. The summed E-state index contributed by atoms with van der Waals surface area (Å²) in [5.74, 6) is 2.29. The maximum absolute atomic E-state index is 13.4. The Morgan fingerprint density at radius 2 is 1.89 bits per heavy atom. The molecule has 27 heavy (non-hydrogen) atoms. The second-order valence-electron chi connectivity index (χ2n) is 5.91. The van der Waals surface area contributed by atoms with E-state index in [-0.39, 0.29) is 5.82 Å². The molecular weight excluding hydrogens is 365 g/mol. The normalized spacial score (nSPS) is 11.3. The zero-order valence-electron chi connectivity index (χ0n) is 15.9. The van der Waals surface area contributed by atoms with Crippen molar-refractivity contribution in [1.29, 1.82) is 0 Å². The second kappa shape index (κ2) is 10.7. The third-order valence-corrected chi connectivity index (χ3v) is 4.66. The standard InChI is InChI=1S/C20H26FN3O2S/c1-25-18-7-4-14(10-19(18)26-2)8-9-23-20(22)24-12-15-5-6-17(21)11-16(15)13-27-3/h4-7,10-11H,8-9,12-13H2,1-3H3,(H3,22,23,24). The molecule has 2 aromatic carbocycles. The van der Waals surface area contributed by atoms with E-state index >= 15 is 0 Å². The molecule has 0 fully saturated rings. The highest BCUT2D eigenvalue weighted by molar-refractivity contribution is 7.97. The molecule has 3 N–H and O–H groups in total. The van der Waals surface area contributed by atoms with Crippen LogP contribution in [0.2, 0.25) is 0 Å². The summed E-state index contributed by atoms with van der Waals surface area (Å²) >= 11 is 1.65. The van der Waals surface area contributed by atoms with Gasteiger partial charge in [-0.25, -0.2) is 9.38 Å². The number of nitrogens with two attached hydrogens (primary N) is 1. The number of guanidine groups is 1. The number of rotatable bonds is 9. The van der Waals surface area contributed by atoms with Crippen LogP contribution < -0.4 is 20.5 Å². The molecule has 7 heteroatoms. The Balaban J connectivity index is 1.90. The van der Waals surface area contributed by atoms with Gasteiger partial charge in [-0.15, -0.1) is 0 Å². The number of nitrogens with one attached hydrogen (secondary N) is 1. The molecule has 0 heterocycles. The molecule has 0 aromatic heterocycles. The monoisotopic (exact) mass is 391 g/mol. The van der Waals surface area contributed by atoms with Gasteiger partial charge >= 0.3 is 0 Å². The first-order valence-electron chi connectivity index (χ1n) is 8.58. The van der Waals surface area contributed by atoms with E-state index in [4.69, 9.17) is 15.2 Å². The van der Waals surface area contributed by atoms with Gasteiger partial charge < -0.3 is 20.5 Å². The largest absolute Gasteiger partial charge is 0.493 e. The number of aliphatic imine (C=N–C) groups is 1. The van der Waals surface area contributed by atoms with E-state index in [1.807, 2.05) is 24.5 Å². The van der Waals surface area contributed by atoms with Crippen molar-refractivity contribution < 1.29 is 13.9 Å². The lowest BCUT2D eigenvalue weighted by Gasteiger charge is -2.11. The Hall–Kier alpha value is -2.41. The molecule has 5 nitrogen and oxygen atoms in total. The quantitative estimate of drug-likeness (QED) is 0.507. The van der Waals surface area contributed by atoms with Crippen molar-refractivity contribution in [2.45, 2.75) is 18.7 Å². The van der Waals surface area contributed by atoms with Crippen LogP contribution in [0.15, 0.2) is 41.4 Å². The summed E-state index contributed by atoms with van der Waals surface area (Å²) in [6.07, 6.45) is 2.76. The lowest BCUT2D eigenvalue weighted by atomic mass is 10.1. The fraction of sp³-hybridized carbons (Fsp3) is 0.350. The van der Waals surface area contributed by atoms with Gasteiger partial charge in [0.1, 0.15) is 5.82 Å². The molecule has 2 rings (SSSR count). The first kappa shape index (κ1) is 20.9. The van der Waals surface area contributed by atoms with Gasteiger partial charge in [-0.3, -0.25) is 0 Å². The van der Waals surface area contributed by atoms with Gasteiger partial charge in [0.15, 0.2) is 17.5 Å². The second-order valence-corrected chi connectivity index (χ2v) is 6.78. The zero-order valence-corrected chi connectivity index (χ0v) is 16.7. The molecule has 146 valence electrons. The molecule has 0 atom stereocenters. The minimum atomic E-state index is -0.229. The topological polar surface area (TPSA) is 68.9 Å². The van der Waals surface area contributed by atoms with Crippen LogP contribution in [-0.2, 0) is 18.7 Å². The minimum Gasteiger partial charge on any atom is -0.493 e. The molecule has 2 aromatic rings. The van der Waals surface area contributed by atoms with E-state index < -0.39 is 0 Å². The first-order chi connectivity index (χ1) is 13.1. The van der Waals surface area contributed by atoms with Crippen molar-refractivity contribution in [3.63, 3.8) is 0 Å². The summed E-state index contributed by atoms with van der Waals surface area (Å²) in [6.45, 7) is 1.07. The van der Waals surface area contributed by atoms with Gasteiger partial charge in [0.25, 0.3) is 0 Å². The lowest BCUT2D eigenvalue weighted by Crippen LogP contribution is -2.33. The first-order valence-corrected chi connectivity index (χ1v) is 9.97. The molecule has 0 aliphatic heterocycles. The molecule has 0 bridgehead atoms. The molecule has 0 saturated heterocycles. The highest BCUT2D eigenvalue weighted by atomic mass is 32.2. The summed E-state index contributed by atoms with van der Waals surface area (Å²) in [6, 6.07) is 10.6. The highest BCUT2D eigenvalue weighted by Gasteiger charge is 2.06. The molecule has 0 saturated carbocycles. The summed E-state index contributed by atoms with van der Waals surface area (Å²) in [4.78, 5) is 4.37. The third-order valence-electron chi connectivity index (χ3n) is 4.06. The van der Waals surface area contributed by atoms with Crippen molar-refractivity contribution >= 4 is 17.7 Å². The van der Waals surface area contributed by atoms with Crippen LogP contribution in [0.25, 0.3) is 0 Å². The number of hydrogen-bond acceptors (Lipinski definition) is 4. The minimum absolute atomic E-state index is 0.229. The number of nitrogens with zero attached hydrogens (tertiary/aromatic N) is 1. The lowest BCUT2D eigenvalue weighted by molar-refractivity contribution is 0.354. The number of hydrogen-bond donors (Lipinski definition) is 2. The summed E-state index contributed by atoms with van der Waals surface area (Å²) in [5, 5.41) is 3.11. The van der Waals surface area contributed by atoms with E-state index in [9.17, 15) is 4.39 Å². The van der Waals surface area contributed by atoms with Crippen LogP contribution in [0.1, 0.15) is 16.7 Å². The smallest absolute Gasteiger partial charge is 0.188 e. The van der Waals surface area contributed by atoms with Gasteiger partial charge in [0.2, 0.25) is 0 Å². The van der Waals surface area contributed by atoms with Crippen molar-refractivity contribution in [2.75, 3.05) is 27.0 Å². The average molecular weight is 392 g/mol. The Bertz CT molecular complexity index is 784. The number of thioether (sulfide) groups is 1. The number of methoxy groups -OCH3 is 2. The van der Waals surface area contributed by atoms with Gasteiger partial charge in [0, 0.05) is 12.3 Å². The molecular formula is C20H26FN3O2S. The van der Waals surface area contributed by atoms with Crippen LogP contribution in [0.5, 0.6) is 11.5 Å². The molecule has 0 unspecified atom stereocenters. The van der Waals surface area contributed by atoms with Gasteiger partial charge in [-0.1, -0.05) is 12.1 Å². The van der Waals surface area contributed by atoms with Gasteiger partial charge in [-0.05, 0) is 53.6 Å². The predicted molar refractivity (Wildman–Crippen MR) is 110 cm³/mol. The Kier molecular flexibility index (Phi) is 8.26. The average Bonchev–Trinajstić information content (AvgIpc) is 2.67. The fourth-order valence-corrected chi connectivity index (χ4v) is 3.22. The van der Waals surface area contributed by atoms with E-state index in [0.29, 0.717) is 30.5 Å². The Morgan fingerprint density at radius 1 is 1.11 bits per heavy atom. The van der Waals surface area contributed by atoms with E-state index in [1.54, 1.807) is 38.1 Å². The van der Waals surface area contributed by atoms with Crippen molar-refractivity contribution in [3.05, 3.63) is 58.9 Å². The Morgan fingerprint density at radius 3 is 2.59 bits per heavy atom. The van der Waals surface area contributed by atoms with Crippen molar-refractivity contribution in [1.82, 2.24) is 5.32 Å². The Labute approximate surface area is 164 Å². The summed E-state index contributed by atoms with van der Waals surface area (Å²) < 4.78 is 23.9. The van der Waals surface area contributed by atoms with E-state index in [0.717, 1.165) is 28.9 Å². The van der Waals surface area contributed by atoms with Gasteiger partial charge in [0.05, 0.1) is 20.8 Å². The van der Waals surface area contributed by atoms with Crippen molar-refractivity contribution in [3.8, 4) is 11.5 Å². The van der Waals surface area contributed by atoms with Crippen LogP contribution in [0, 0.1) is 5.82 Å². The number of ether oxygens (including phenoxy) is 2. The van der Waals surface area contributed by atoms with Crippen LogP contribution in [0.4, 0.5) is 4.39 Å². The third kappa shape index (κ3) is 6.36. The predicted octanol–water partition coefficient (Wildman–Crippen LogP) is 3.35. The molecule has 0 aliphatic rings. The maximum Gasteiger partial charge on any atom is 0.188 e. The zero-order chi connectivity index (χ0) is 19.6. The molecule has 0 spiro atoms. The van der Waals surface area contributed by atoms with E-state index in [1.165, 1.54) is 6.07 Å². The molecule has 0 amide bonds. The molecule has 0 radical (unpaired) electrons. The van der Waals surface area contributed by atoms with Crippen LogP contribution in [0.3, 0.4) is 0 Å². The number of halogens is 1. The summed E-state index contributed by atoms with van der Waals surface area (Å²) in [7, 11) is 3.23. The molecule has 0 aliphatic carbocycles. The summed E-state index contributed by atoms with van der Waals surface area (Å²) in [5.41, 5.74) is 8.99.